The van der Waals surface area contributed by atoms with Crippen LogP contribution in [0.25, 0.3) is 0 Å². The number of ether oxygens (including phenoxy) is 1. The number of rotatable bonds is 6. The van der Waals surface area contributed by atoms with Crippen molar-refractivity contribution in [3.63, 3.8) is 0 Å². The molecular weight excluding hydrogens is 228 g/mol. The molecule has 0 spiro atoms. The quantitative estimate of drug-likeness (QED) is 0.773. The summed E-state index contributed by atoms with van der Waals surface area (Å²) < 4.78 is 5.40. The highest BCUT2D eigenvalue weighted by atomic mass is 16.5. The molecule has 1 aromatic rings. The van der Waals surface area contributed by atoms with Gasteiger partial charge in [0.15, 0.2) is 6.61 Å². The minimum Gasteiger partial charge on any atom is -0.484 e. The predicted molar refractivity (Wildman–Crippen MR) is 69.0 cm³/mol. The van der Waals surface area contributed by atoms with E-state index < -0.39 is 0 Å². The molecule has 4 nitrogen and oxygen atoms in total. The average molecular weight is 246 g/mol. The molecule has 0 saturated carbocycles. The molecule has 1 rings (SSSR count). The van der Waals surface area contributed by atoms with Crippen LogP contribution in [0.1, 0.15) is 20.3 Å². The van der Waals surface area contributed by atoms with Crippen LogP contribution in [-0.4, -0.2) is 30.0 Å². The number of hydrogen-bond donors (Lipinski definition) is 0. The normalized spacial score (nSPS) is 9.89. The van der Waals surface area contributed by atoms with Gasteiger partial charge in [-0.05, 0) is 26.0 Å². The summed E-state index contributed by atoms with van der Waals surface area (Å²) in [6.45, 7) is 4.31. The van der Waals surface area contributed by atoms with E-state index in [0.717, 1.165) is 0 Å². The van der Waals surface area contributed by atoms with Crippen LogP contribution in [0.2, 0.25) is 0 Å². The number of nitrogens with zero attached hydrogens (tertiary/aromatic N) is 2. The van der Waals surface area contributed by atoms with Crippen LogP contribution < -0.4 is 4.74 Å². The Hall–Kier alpha value is -2.02. The van der Waals surface area contributed by atoms with E-state index in [9.17, 15) is 4.79 Å². The Bertz CT molecular complexity index is 410. The van der Waals surface area contributed by atoms with E-state index in [1.54, 1.807) is 4.90 Å². The summed E-state index contributed by atoms with van der Waals surface area (Å²) >= 11 is 0. The van der Waals surface area contributed by atoms with Gasteiger partial charge in [-0.3, -0.25) is 4.79 Å². The van der Waals surface area contributed by atoms with Crippen molar-refractivity contribution >= 4 is 5.91 Å². The molecule has 0 aliphatic carbocycles. The average Bonchev–Trinajstić information content (AvgIpc) is 2.37. The minimum atomic E-state index is -0.0934. The maximum absolute atomic E-state index is 12.0. The summed E-state index contributed by atoms with van der Waals surface area (Å²) in [6.07, 6.45) is 0.343. The van der Waals surface area contributed by atoms with E-state index >= 15 is 0 Å². The second kappa shape index (κ2) is 7.33. The van der Waals surface area contributed by atoms with Crippen molar-refractivity contribution in [1.29, 1.82) is 5.26 Å². The first-order valence-corrected chi connectivity index (χ1v) is 5.99. The Morgan fingerprint density at radius 3 is 2.61 bits per heavy atom. The number of carbonyl (C=O) groups excluding carboxylic acids is 1. The lowest BCUT2D eigenvalue weighted by Gasteiger charge is -2.25. The third-order valence-electron chi connectivity index (χ3n) is 2.51. The molecule has 0 aliphatic rings. The third-order valence-corrected chi connectivity index (χ3v) is 2.51. The second-order valence-electron chi connectivity index (χ2n) is 4.19. The van der Waals surface area contributed by atoms with Crippen molar-refractivity contribution in [2.24, 2.45) is 0 Å². The van der Waals surface area contributed by atoms with Crippen LogP contribution in [0, 0.1) is 11.3 Å². The van der Waals surface area contributed by atoms with Crippen LogP contribution in [0.5, 0.6) is 5.75 Å². The molecule has 0 aliphatic heterocycles. The van der Waals surface area contributed by atoms with Gasteiger partial charge in [0.2, 0.25) is 0 Å². The summed E-state index contributed by atoms with van der Waals surface area (Å²) in [6, 6.07) is 11.3. The van der Waals surface area contributed by atoms with E-state index in [1.165, 1.54) is 0 Å². The molecule has 0 bridgehead atoms. The van der Waals surface area contributed by atoms with Gasteiger partial charge < -0.3 is 9.64 Å². The minimum absolute atomic E-state index is 0.00756. The number of hydrogen-bond acceptors (Lipinski definition) is 3. The first-order chi connectivity index (χ1) is 8.65. The molecule has 0 aromatic heterocycles. The Labute approximate surface area is 108 Å². The van der Waals surface area contributed by atoms with Crippen LogP contribution in [0.3, 0.4) is 0 Å². The van der Waals surface area contributed by atoms with Crippen LogP contribution in [0.15, 0.2) is 30.3 Å². The fraction of sp³-hybridized carbons (Fsp3) is 0.429. The van der Waals surface area contributed by atoms with E-state index in [-0.39, 0.29) is 18.6 Å². The topological polar surface area (TPSA) is 53.3 Å². The molecule has 0 heterocycles. The molecule has 0 radical (unpaired) electrons. The Morgan fingerprint density at radius 1 is 1.39 bits per heavy atom. The van der Waals surface area contributed by atoms with E-state index in [1.807, 2.05) is 50.2 Å². The lowest BCUT2D eigenvalue weighted by atomic mass is 10.3. The number of amides is 1. The maximum atomic E-state index is 12.0. The fourth-order valence-corrected chi connectivity index (χ4v) is 1.59. The predicted octanol–water partition coefficient (Wildman–Crippen LogP) is 2.22. The van der Waals surface area contributed by atoms with Crippen molar-refractivity contribution in [3.05, 3.63) is 30.3 Å². The molecule has 0 atom stereocenters. The third kappa shape index (κ3) is 4.46. The number of carbonyl (C=O) groups is 1. The molecule has 0 fully saturated rings. The SMILES string of the molecule is CC(C)N(CCC#N)C(=O)COc1ccccc1. The van der Waals surface area contributed by atoms with Gasteiger partial charge in [-0.25, -0.2) is 0 Å². The van der Waals surface area contributed by atoms with E-state index in [0.29, 0.717) is 18.7 Å². The molecule has 0 N–H and O–H groups in total. The molecule has 96 valence electrons. The maximum Gasteiger partial charge on any atom is 0.260 e. The molecular formula is C14H18N2O2. The molecule has 4 heteroatoms. The smallest absolute Gasteiger partial charge is 0.260 e. The van der Waals surface area contributed by atoms with Crippen molar-refractivity contribution < 1.29 is 9.53 Å². The van der Waals surface area contributed by atoms with Crippen molar-refractivity contribution in [2.75, 3.05) is 13.2 Å². The van der Waals surface area contributed by atoms with E-state index in [4.69, 9.17) is 10.00 Å². The van der Waals surface area contributed by atoms with Crippen LogP contribution in [0.4, 0.5) is 0 Å². The molecule has 0 unspecified atom stereocenters. The first-order valence-electron chi connectivity index (χ1n) is 5.99. The highest BCUT2D eigenvalue weighted by Gasteiger charge is 2.16. The summed E-state index contributed by atoms with van der Waals surface area (Å²) in [5.74, 6) is 0.582. The van der Waals surface area contributed by atoms with Gasteiger partial charge >= 0.3 is 0 Å². The first kappa shape index (κ1) is 14.0. The van der Waals surface area contributed by atoms with Gasteiger partial charge in [0.1, 0.15) is 5.75 Å². The van der Waals surface area contributed by atoms with Gasteiger partial charge in [-0.2, -0.15) is 5.26 Å². The zero-order valence-electron chi connectivity index (χ0n) is 10.8. The number of nitriles is 1. The van der Waals surface area contributed by atoms with Gasteiger partial charge in [-0.1, -0.05) is 18.2 Å². The fourth-order valence-electron chi connectivity index (χ4n) is 1.59. The Kier molecular flexibility index (Phi) is 5.72. The lowest BCUT2D eigenvalue weighted by Crippen LogP contribution is -2.40. The standard InChI is InChI=1S/C14H18N2O2/c1-12(2)16(10-6-9-15)14(17)11-18-13-7-4-3-5-8-13/h3-5,7-8,12H,6,10-11H2,1-2H3. The summed E-state index contributed by atoms with van der Waals surface area (Å²) in [5, 5.41) is 8.57. The number of benzene rings is 1. The van der Waals surface area contributed by atoms with Gasteiger partial charge in [-0.15, -0.1) is 0 Å². The van der Waals surface area contributed by atoms with Gasteiger partial charge in [0.25, 0.3) is 5.91 Å². The molecule has 18 heavy (non-hydrogen) atoms. The van der Waals surface area contributed by atoms with Crippen LogP contribution in [-0.2, 0) is 4.79 Å². The second-order valence-corrected chi connectivity index (χ2v) is 4.19. The summed E-state index contributed by atoms with van der Waals surface area (Å²) in [4.78, 5) is 13.6. The lowest BCUT2D eigenvalue weighted by molar-refractivity contribution is -0.135. The Morgan fingerprint density at radius 2 is 2.06 bits per heavy atom. The summed E-state index contributed by atoms with van der Waals surface area (Å²) in [5.41, 5.74) is 0. The number of para-hydroxylation sites is 1. The molecule has 1 amide bonds. The van der Waals surface area contributed by atoms with Crippen molar-refractivity contribution in [1.82, 2.24) is 4.90 Å². The van der Waals surface area contributed by atoms with E-state index in [2.05, 4.69) is 0 Å². The zero-order valence-corrected chi connectivity index (χ0v) is 10.8. The molecule has 1 aromatic carbocycles. The summed E-state index contributed by atoms with van der Waals surface area (Å²) in [7, 11) is 0. The highest BCUT2D eigenvalue weighted by Crippen LogP contribution is 2.09. The van der Waals surface area contributed by atoms with Crippen LogP contribution >= 0.6 is 0 Å². The van der Waals surface area contributed by atoms with Gasteiger partial charge in [0, 0.05) is 12.6 Å². The Balaban J connectivity index is 2.49. The van der Waals surface area contributed by atoms with Gasteiger partial charge in [0.05, 0.1) is 12.5 Å². The van der Waals surface area contributed by atoms with Crippen molar-refractivity contribution in [2.45, 2.75) is 26.3 Å². The monoisotopic (exact) mass is 246 g/mol. The molecule has 0 saturated heterocycles. The van der Waals surface area contributed by atoms with Crippen molar-refractivity contribution in [3.8, 4) is 11.8 Å². The largest absolute Gasteiger partial charge is 0.484 e. The zero-order chi connectivity index (χ0) is 13.4. The highest BCUT2D eigenvalue weighted by molar-refractivity contribution is 5.78.